The van der Waals surface area contributed by atoms with Gasteiger partial charge in [-0.3, -0.25) is 0 Å². The van der Waals surface area contributed by atoms with Crippen molar-refractivity contribution in [3.8, 4) is 6.07 Å². The maximum atomic E-state index is 11.9. The second-order valence-corrected chi connectivity index (χ2v) is 3.97. The molecule has 1 aromatic carbocycles. The molecule has 18 heavy (non-hydrogen) atoms. The third-order valence-electron chi connectivity index (χ3n) is 2.93. The summed E-state index contributed by atoms with van der Waals surface area (Å²) in [5.41, 5.74) is 1.48. The average Bonchev–Trinajstić information content (AvgIpc) is 3.20. The molecule has 2 rings (SSSR count). The van der Waals surface area contributed by atoms with Gasteiger partial charge in [0, 0.05) is 18.7 Å². The highest BCUT2D eigenvalue weighted by molar-refractivity contribution is 5.75. The standard InChI is InChI=1S/C13H15N3O2/c1-3-15(4-2)13(17)16-12(18-16)11-7-5-10(9-14)6-8-11/h5-8,12H,3-4H2,1-2H3. The van der Waals surface area contributed by atoms with Gasteiger partial charge in [0.2, 0.25) is 6.23 Å². The third-order valence-corrected chi connectivity index (χ3v) is 2.93. The minimum Gasteiger partial charge on any atom is -0.323 e. The van der Waals surface area contributed by atoms with Crippen LogP contribution in [0.15, 0.2) is 24.3 Å². The number of carbonyl (C=O) groups is 1. The molecule has 1 fully saturated rings. The van der Waals surface area contributed by atoms with Crippen molar-refractivity contribution in [2.75, 3.05) is 13.1 Å². The van der Waals surface area contributed by atoms with Crippen LogP contribution < -0.4 is 0 Å². The first-order valence-electron chi connectivity index (χ1n) is 5.96. The third kappa shape index (κ3) is 2.29. The molecular formula is C13H15N3O2. The fraction of sp³-hybridized carbons (Fsp3) is 0.385. The highest BCUT2D eigenvalue weighted by atomic mass is 16.8. The molecule has 1 aliphatic rings. The molecule has 5 heteroatoms. The van der Waals surface area contributed by atoms with Crippen LogP contribution in [0.1, 0.15) is 31.2 Å². The Labute approximate surface area is 106 Å². The predicted molar refractivity (Wildman–Crippen MR) is 65.1 cm³/mol. The molecular weight excluding hydrogens is 230 g/mol. The van der Waals surface area contributed by atoms with Crippen LogP contribution in [-0.4, -0.2) is 29.1 Å². The number of nitrogens with zero attached hydrogens (tertiary/aromatic N) is 3. The Morgan fingerprint density at radius 1 is 1.39 bits per heavy atom. The monoisotopic (exact) mass is 245 g/mol. The SMILES string of the molecule is CCN(CC)C(=O)N1OC1c1ccc(C#N)cc1. The van der Waals surface area contributed by atoms with Crippen molar-refractivity contribution in [3.05, 3.63) is 35.4 Å². The molecule has 1 aliphatic heterocycles. The number of amides is 2. The first-order chi connectivity index (χ1) is 8.71. The summed E-state index contributed by atoms with van der Waals surface area (Å²) < 4.78 is 0. The van der Waals surface area contributed by atoms with E-state index in [0.717, 1.165) is 5.56 Å². The van der Waals surface area contributed by atoms with Gasteiger partial charge in [-0.15, -0.1) is 0 Å². The van der Waals surface area contributed by atoms with Crippen molar-refractivity contribution in [3.63, 3.8) is 0 Å². The van der Waals surface area contributed by atoms with Gasteiger partial charge in [-0.05, 0) is 26.0 Å². The van der Waals surface area contributed by atoms with Crippen molar-refractivity contribution >= 4 is 6.03 Å². The Hall–Kier alpha value is -2.06. The fourth-order valence-electron chi connectivity index (χ4n) is 1.78. The fourth-order valence-corrected chi connectivity index (χ4v) is 1.78. The maximum Gasteiger partial charge on any atom is 0.346 e. The summed E-state index contributed by atoms with van der Waals surface area (Å²) >= 11 is 0. The minimum atomic E-state index is -0.314. The van der Waals surface area contributed by atoms with Gasteiger partial charge in [0.15, 0.2) is 0 Å². The first kappa shape index (κ1) is 12.4. The zero-order valence-corrected chi connectivity index (χ0v) is 10.5. The summed E-state index contributed by atoms with van der Waals surface area (Å²) in [6.07, 6.45) is -0.314. The van der Waals surface area contributed by atoms with Crippen molar-refractivity contribution in [2.24, 2.45) is 0 Å². The second kappa shape index (κ2) is 5.07. The van der Waals surface area contributed by atoms with Crippen molar-refractivity contribution in [1.29, 1.82) is 5.26 Å². The van der Waals surface area contributed by atoms with Gasteiger partial charge in [-0.25, -0.2) is 9.63 Å². The van der Waals surface area contributed by atoms with Crippen LogP contribution >= 0.6 is 0 Å². The quantitative estimate of drug-likeness (QED) is 0.767. The summed E-state index contributed by atoms with van der Waals surface area (Å²) in [5.74, 6) is 0. The molecule has 0 N–H and O–H groups in total. The number of rotatable bonds is 3. The molecule has 5 nitrogen and oxygen atoms in total. The average molecular weight is 245 g/mol. The zero-order chi connectivity index (χ0) is 13.1. The smallest absolute Gasteiger partial charge is 0.323 e. The second-order valence-electron chi connectivity index (χ2n) is 3.97. The highest BCUT2D eigenvalue weighted by Gasteiger charge is 2.44. The summed E-state index contributed by atoms with van der Waals surface area (Å²) in [5, 5.41) is 10.1. The summed E-state index contributed by atoms with van der Waals surface area (Å²) in [4.78, 5) is 18.9. The number of nitriles is 1. The van der Waals surface area contributed by atoms with E-state index in [-0.39, 0.29) is 12.3 Å². The van der Waals surface area contributed by atoms with E-state index < -0.39 is 0 Å². The van der Waals surface area contributed by atoms with E-state index in [1.165, 1.54) is 5.06 Å². The molecule has 94 valence electrons. The molecule has 0 bridgehead atoms. The van der Waals surface area contributed by atoms with E-state index in [1.54, 1.807) is 29.2 Å². The van der Waals surface area contributed by atoms with Gasteiger partial charge >= 0.3 is 6.03 Å². The van der Waals surface area contributed by atoms with E-state index in [2.05, 4.69) is 6.07 Å². The van der Waals surface area contributed by atoms with Gasteiger partial charge in [0.05, 0.1) is 11.6 Å². The lowest BCUT2D eigenvalue weighted by Crippen LogP contribution is -2.34. The Balaban J connectivity index is 2.02. The lowest BCUT2D eigenvalue weighted by molar-refractivity contribution is 0.142. The molecule has 0 radical (unpaired) electrons. The number of hydrogen-bond donors (Lipinski definition) is 0. The first-order valence-corrected chi connectivity index (χ1v) is 5.96. The van der Waals surface area contributed by atoms with Crippen LogP contribution in [0.3, 0.4) is 0 Å². The molecule has 1 unspecified atom stereocenters. The topological polar surface area (TPSA) is 59.6 Å². The molecule has 0 aliphatic carbocycles. The van der Waals surface area contributed by atoms with Crippen LogP contribution in [0.2, 0.25) is 0 Å². The van der Waals surface area contributed by atoms with Crippen LogP contribution in [-0.2, 0) is 4.84 Å². The normalized spacial score (nSPS) is 17.2. The summed E-state index contributed by atoms with van der Waals surface area (Å²) in [7, 11) is 0. The van der Waals surface area contributed by atoms with Crippen LogP contribution in [0.25, 0.3) is 0 Å². The number of hydrogen-bond acceptors (Lipinski definition) is 3. The number of benzene rings is 1. The highest BCUT2D eigenvalue weighted by Crippen LogP contribution is 2.37. The molecule has 1 saturated heterocycles. The number of urea groups is 1. The van der Waals surface area contributed by atoms with Crippen molar-refractivity contribution in [1.82, 2.24) is 9.96 Å². The molecule has 1 atom stereocenters. The molecule has 0 spiro atoms. The largest absolute Gasteiger partial charge is 0.346 e. The Bertz CT molecular complexity index is 474. The summed E-state index contributed by atoms with van der Waals surface area (Å²) in [6.45, 7) is 5.19. The van der Waals surface area contributed by atoms with Crippen molar-refractivity contribution < 1.29 is 9.63 Å². The number of hydroxylamine groups is 2. The van der Waals surface area contributed by atoms with Crippen molar-refractivity contribution in [2.45, 2.75) is 20.1 Å². The van der Waals surface area contributed by atoms with E-state index in [0.29, 0.717) is 18.7 Å². The Morgan fingerprint density at radius 2 is 2.00 bits per heavy atom. The maximum absolute atomic E-state index is 11.9. The van der Waals surface area contributed by atoms with Gasteiger partial charge in [0.25, 0.3) is 0 Å². The Kier molecular flexibility index (Phi) is 3.49. The molecule has 2 amide bonds. The van der Waals surface area contributed by atoms with E-state index >= 15 is 0 Å². The van der Waals surface area contributed by atoms with Crippen LogP contribution in [0.5, 0.6) is 0 Å². The van der Waals surface area contributed by atoms with E-state index in [9.17, 15) is 4.79 Å². The summed E-state index contributed by atoms with van der Waals surface area (Å²) in [6, 6.07) is 8.99. The number of carbonyl (C=O) groups excluding carboxylic acids is 1. The van der Waals surface area contributed by atoms with E-state index in [4.69, 9.17) is 10.1 Å². The van der Waals surface area contributed by atoms with Crippen LogP contribution in [0.4, 0.5) is 4.79 Å². The predicted octanol–water partition coefficient (Wildman–Crippen LogP) is 2.27. The minimum absolute atomic E-state index is 0.116. The molecule has 0 saturated carbocycles. The zero-order valence-electron chi connectivity index (χ0n) is 10.5. The van der Waals surface area contributed by atoms with Crippen LogP contribution in [0, 0.1) is 11.3 Å². The molecule has 1 aromatic rings. The van der Waals surface area contributed by atoms with E-state index in [1.807, 2.05) is 13.8 Å². The molecule has 0 aromatic heterocycles. The van der Waals surface area contributed by atoms with Gasteiger partial charge < -0.3 is 4.90 Å². The van der Waals surface area contributed by atoms with Gasteiger partial charge in [-0.2, -0.15) is 10.3 Å². The lowest BCUT2D eigenvalue weighted by atomic mass is 10.1. The van der Waals surface area contributed by atoms with Gasteiger partial charge in [0.1, 0.15) is 0 Å². The Morgan fingerprint density at radius 3 is 2.50 bits per heavy atom. The molecule has 1 heterocycles. The lowest BCUT2D eigenvalue weighted by Gasteiger charge is -2.17. The van der Waals surface area contributed by atoms with Gasteiger partial charge in [-0.1, -0.05) is 12.1 Å².